The van der Waals surface area contributed by atoms with Crippen molar-refractivity contribution in [2.24, 2.45) is 5.73 Å². The molecule has 0 aliphatic carbocycles. The summed E-state index contributed by atoms with van der Waals surface area (Å²) in [5, 5.41) is 4.27. The van der Waals surface area contributed by atoms with Gasteiger partial charge >= 0.3 is 0 Å². The number of anilines is 2. The first-order valence-corrected chi connectivity index (χ1v) is 8.04. The molecule has 3 aromatic rings. The van der Waals surface area contributed by atoms with Crippen molar-refractivity contribution in [1.82, 2.24) is 24.6 Å². The fraction of sp³-hybridized carbons (Fsp3) is 0.312. The van der Waals surface area contributed by atoms with E-state index in [9.17, 15) is 4.79 Å². The molecule has 1 saturated heterocycles. The lowest BCUT2D eigenvalue weighted by Crippen LogP contribution is -2.47. The lowest BCUT2D eigenvalue weighted by Gasteiger charge is -2.37. The Labute approximate surface area is 144 Å². The number of carbonyl (C=O) groups excluding carboxylic acids is 1. The third kappa shape index (κ3) is 2.73. The van der Waals surface area contributed by atoms with E-state index in [-0.39, 0.29) is 0 Å². The molecular formula is C16H18N8O. The Bertz CT molecular complexity index is 929. The number of aryl methyl sites for hydroxylation is 1. The molecule has 0 aromatic carbocycles. The average molecular weight is 338 g/mol. The SMILES string of the molecule is Cc1cc(N2CCN(c3ccncc3C(N)=O)CC2)n2ncnc2n1. The molecule has 3 aromatic heterocycles. The molecule has 25 heavy (non-hydrogen) atoms. The number of amides is 1. The van der Waals surface area contributed by atoms with Crippen molar-refractivity contribution >= 4 is 23.2 Å². The zero-order chi connectivity index (χ0) is 17.4. The highest BCUT2D eigenvalue weighted by atomic mass is 16.1. The van der Waals surface area contributed by atoms with E-state index in [1.54, 1.807) is 10.7 Å². The number of pyridine rings is 1. The van der Waals surface area contributed by atoms with Gasteiger partial charge in [-0.2, -0.15) is 14.6 Å². The van der Waals surface area contributed by atoms with E-state index in [4.69, 9.17) is 5.73 Å². The van der Waals surface area contributed by atoms with E-state index in [2.05, 4.69) is 29.9 Å². The second-order valence-corrected chi connectivity index (χ2v) is 5.96. The maximum atomic E-state index is 11.6. The predicted molar refractivity (Wildman–Crippen MR) is 92.7 cm³/mol. The lowest BCUT2D eigenvalue weighted by molar-refractivity contribution is 0.100. The highest BCUT2D eigenvalue weighted by Crippen LogP contribution is 2.23. The highest BCUT2D eigenvalue weighted by molar-refractivity contribution is 5.98. The second-order valence-electron chi connectivity index (χ2n) is 5.96. The number of piperazine rings is 1. The van der Waals surface area contributed by atoms with Crippen LogP contribution in [0.15, 0.2) is 30.9 Å². The average Bonchev–Trinajstić information content (AvgIpc) is 3.09. The van der Waals surface area contributed by atoms with Crippen molar-refractivity contribution < 1.29 is 4.79 Å². The van der Waals surface area contributed by atoms with Crippen LogP contribution in [-0.2, 0) is 0 Å². The number of hydrogen-bond donors (Lipinski definition) is 1. The zero-order valence-corrected chi connectivity index (χ0v) is 13.8. The van der Waals surface area contributed by atoms with Crippen molar-refractivity contribution in [3.63, 3.8) is 0 Å². The molecule has 4 heterocycles. The van der Waals surface area contributed by atoms with Crippen LogP contribution < -0.4 is 15.5 Å². The minimum atomic E-state index is -0.459. The first kappa shape index (κ1) is 15.3. The molecule has 128 valence electrons. The summed E-state index contributed by atoms with van der Waals surface area (Å²) in [7, 11) is 0. The first-order chi connectivity index (χ1) is 12.1. The summed E-state index contributed by atoms with van der Waals surface area (Å²) in [6.07, 6.45) is 4.71. The van der Waals surface area contributed by atoms with Crippen LogP contribution in [0.2, 0.25) is 0 Å². The van der Waals surface area contributed by atoms with E-state index < -0.39 is 5.91 Å². The smallest absolute Gasteiger partial charge is 0.254 e. The van der Waals surface area contributed by atoms with Gasteiger partial charge in [-0.05, 0) is 13.0 Å². The quantitative estimate of drug-likeness (QED) is 0.730. The maximum Gasteiger partial charge on any atom is 0.254 e. The van der Waals surface area contributed by atoms with E-state index in [0.29, 0.717) is 11.3 Å². The van der Waals surface area contributed by atoms with Crippen LogP contribution in [0.5, 0.6) is 0 Å². The van der Waals surface area contributed by atoms with E-state index in [1.165, 1.54) is 12.5 Å². The summed E-state index contributed by atoms with van der Waals surface area (Å²) in [6.45, 7) is 5.06. The van der Waals surface area contributed by atoms with Crippen LogP contribution in [-0.4, -0.2) is 56.7 Å². The molecule has 0 radical (unpaired) electrons. The van der Waals surface area contributed by atoms with Gasteiger partial charge in [0, 0.05) is 50.3 Å². The van der Waals surface area contributed by atoms with Crippen LogP contribution in [0, 0.1) is 6.92 Å². The van der Waals surface area contributed by atoms with Crippen LogP contribution in [0.4, 0.5) is 11.5 Å². The van der Waals surface area contributed by atoms with Crippen molar-refractivity contribution in [2.75, 3.05) is 36.0 Å². The third-order valence-electron chi connectivity index (χ3n) is 4.37. The van der Waals surface area contributed by atoms with Gasteiger partial charge in [0.15, 0.2) is 0 Å². The predicted octanol–water partition coefficient (Wildman–Crippen LogP) is 0.253. The standard InChI is InChI=1S/C16H18N8O/c1-11-8-14(24-16(21-11)19-10-20-24)23-6-4-22(5-7-23)13-2-3-18-9-12(13)15(17)25/h2-3,8-10H,4-7H2,1H3,(H2,17,25). The normalized spacial score (nSPS) is 14.9. The fourth-order valence-electron chi connectivity index (χ4n) is 3.17. The third-order valence-corrected chi connectivity index (χ3v) is 4.37. The van der Waals surface area contributed by atoms with Gasteiger partial charge in [-0.25, -0.2) is 4.98 Å². The minimum Gasteiger partial charge on any atom is -0.367 e. The summed E-state index contributed by atoms with van der Waals surface area (Å²) in [6, 6.07) is 3.85. The van der Waals surface area contributed by atoms with Crippen molar-refractivity contribution in [1.29, 1.82) is 0 Å². The number of hydrogen-bond acceptors (Lipinski definition) is 7. The molecule has 1 aliphatic heterocycles. The van der Waals surface area contributed by atoms with Gasteiger partial charge in [-0.15, -0.1) is 0 Å². The number of fused-ring (bicyclic) bond motifs is 1. The van der Waals surface area contributed by atoms with Crippen LogP contribution in [0.25, 0.3) is 5.78 Å². The molecule has 9 nitrogen and oxygen atoms in total. The molecule has 1 fully saturated rings. The van der Waals surface area contributed by atoms with Gasteiger partial charge < -0.3 is 15.5 Å². The Morgan fingerprint density at radius 1 is 1.20 bits per heavy atom. The monoisotopic (exact) mass is 338 g/mol. The summed E-state index contributed by atoms with van der Waals surface area (Å²) < 4.78 is 1.75. The minimum absolute atomic E-state index is 0.453. The van der Waals surface area contributed by atoms with Gasteiger partial charge in [-0.3, -0.25) is 9.78 Å². The van der Waals surface area contributed by atoms with Gasteiger partial charge in [0.2, 0.25) is 0 Å². The van der Waals surface area contributed by atoms with Crippen molar-refractivity contribution in [3.05, 3.63) is 42.1 Å². The van der Waals surface area contributed by atoms with E-state index in [0.717, 1.165) is 43.4 Å². The molecule has 9 heteroatoms. The molecule has 1 amide bonds. The summed E-state index contributed by atoms with van der Waals surface area (Å²) in [4.78, 5) is 28.6. The molecule has 0 atom stereocenters. The van der Waals surface area contributed by atoms with Crippen LogP contribution in [0.1, 0.15) is 16.1 Å². The molecule has 0 bridgehead atoms. The van der Waals surface area contributed by atoms with E-state index >= 15 is 0 Å². The maximum absolute atomic E-state index is 11.6. The Morgan fingerprint density at radius 3 is 2.72 bits per heavy atom. The van der Waals surface area contributed by atoms with E-state index in [1.807, 2.05) is 19.1 Å². The first-order valence-electron chi connectivity index (χ1n) is 8.04. The zero-order valence-electron chi connectivity index (χ0n) is 13.8. The largest absolute Gasteiger partial charge is 0.367 e. The molecule has 0 spiro atoms. The number of carbonyl (C=O) groups is 1. The number of nitrogens with zero attached hydrogens (tertiary/aromatic N) is 7. The summed E-state index contributed by atoms with van der Waals surface area (Å²) >= 11 is 0. The molecule has 0 unspecified atom stereocenters. The molecule has 1 aliphatic rings. The van der Waals surface area contributed by atoms with Gasteiger partial charge in [0.1, 0.15) is 12.1 Å². The van der Waals surface area contributed by atoms with Gasteiger partial charge in [0.05, 0.1) is 11.3 Å². The Morgan fingerprint density at radius 2 is 1.96 bits per heavy atom. The summed E-state index contributed by atoms with van der Waals surface area (Å²) in [5.74, 6) is 1.12. The number of primary amides is 1. The second kappa shape index (κ2) is 6.00. The topological polar surface area (TPSA) is 106 Å². The van der Waals surface area contributed by atoms with Crippen LogP contribution >= 0.6 is 0 Å². The number of nitrogens with two attached hydrogens (primary N) is 1. The lowest BCUT2D eigenvalue weighted by atomic mass is 10.2. The molecule has 4 rings (SSSR count). The summed E-state index contributed by atoms with van der Waals surface area (Å²) in [5.41, 5.74) is 7.66. The van der Waals surface area contributed by atoms with Crippen molar-refractivity contribution in [2.45, 2.75) is 6.92 Å². The van der Waals surface area contributed by atoms with Crippen molar-refractivity contribution in [3.8, 4) is 0 Å². The number of aromatic nitrogens is 5. The molecule has 2 N–H and O–H groups in total. The van der Waals surface area contributed by atoms with Crippen LogP contribution in [0.3, 0.4) is 0 Å². The molecular weight excluding hydrogens is 320 g/mol. The van der Waals surface area contributed by atoms with Gasteiger partial charge in [0.25, 0.3) is 11.7 Å². The highest BCUT2D eigenvalue weighted by Gasteiger charge is 2.23. The van der Waals surface area contributed by atoms with Gasteiger partial charge in [-0.1, -0.05) is 0 Å². The number of rotatable bonds is 3. The molecule has 0 saturated carbocycles. The Hall–Kier alpha value is -3.23. The fourth-order valence-corrected chi connectivity index (χ4v) is 3.17. The Balaban J connectivity index is 1.58. The Kier molecular flexibility index (Phi) is 3.68.